The molecule has 2 aromatic rings. The molecule has 7 nitrogen and oxygen atoms in total. The number of carbonyl (C=O) groups excluding carboxylic acids is 4. The van der Waals surface area contributed by atoms with Crippen LogP contribution in [-0.4, -0.2) is 30.2 Å². The SMILES string of the molecule is Cc1ccc(N2C[C@H](C(=O)Oc3ccc(N4C(=O)[C@@H]5[C@H]6C=C[C@@H]([C@@H]7C[C@@H]67)[C@@H]5C4=O)c(C)c3)CC2=O)cc1C. The number of nitrogens with zero attached hydrogens (tertiary/aromatic N) is 2. The van der Waals surface area contributed by atoms with Crippen molar-refractivity contribution in [2.45, 2.75) is 33.6 Å². The number of hydrogen-bond acceptors (Lipinski definition) is 5. The van der Waals surface area contributed by atoms with Crippen LogP contribution in [0.2, 0.25) is 0 Å². The molecule has 38 heavy (non-hydrogen) atoms. The van der Waals surface area contributed by atoms with E-state index in [1.165, 1.54) is 4.90 Å². The van der Waals surface area contributed by atoms with Gasteiger partial charge >= 0.3 is 5.97 Å². The van der Waals surface area contributed by atoms with Crippen molar-refractivity contribution >= 4 is 35.1 Å². The molecule has 4 aliphatic carbocycles. The van der Waals surface area contributed by atoms with E-state index >= 15 is 0 Å². The van der Waals surface area contributed by atoms with Crippen molar-refractivity contribution in [2.75, 3.05) is 16.3 Å². The maximum absolute atomic E-state index is 13.5. The highest BCUT2D eigenvalue weighted by Crippen LogP contribution is 2.65. The van der Waals surface area contributed by atoms with E-state index in [4.69, 9.17) is 4.74 Å². The van der Waals surface area contributed by atoms with Gasteiger partial charge in [0, 0.05) is 18.7 Å². The number of allylic oxidation sites excluding steroid dienone is 2. The molecule has 2 saturated heterocycles. The fraction of sp³-hybridized carbons (Fsp3) is 0.419. The van der Waals surface area contributed by atoms with Gasteiger partial charge in [-0.25, -0.2) is 4.90 Å². The molecule has 2 bridgehead atoms. The molecule has 0 aromatic heterocycles. The molecule has 2 saturated carbocycles. The lowest BCUT2D eigenvalue weighted by Crippen LogP contribution is -2.40. The molecule has 8 rings (SSSR count). The third kappa shape index (κ3) is 3.33. The molecule has 0 N–H and O–H groups in total. The van der Waals surface area contributed by atoms with E-state index in [2.05, 4.69) is 12.2 Å². The standard InChI is InChI=1S/C31H30N2O5/c1-15-4-5-19(10-16(15)2)32-14-18(12-26(32)34)31(37)38-20-6-9-25(17(3)11-20)33-29(35)27-21-7-8-22(24-13-23(21)24)28(27)30(33)36/h4-11,18,21-24,27-28H,12-14H2,1-3H3/t18-,21+,22+,23+,24+,27-,28+/m1/s1. The van der Waals surface area contributed by atoms with Crippen LogP contribution in [0.1, 0.15) is 29.5 Å². The molecule has 2 heterocycles. The summed E-state index contributed by atoms with van der Waals surface area (Å²) >= 11 is 0. The van der Waals surface area contributed by atoms with Crippen molar-refractivity contribution in [1.82, 2.24) is 0 Å². The maximum Gasteiger partial charge on any atom is 0.316 e. The number of imide groups is 1. The average molecular weight is 511 g/mol. The summed E-state index contributed by atoms with van der Waals surface area (Å²) in [6.07, 6.45) is 5.56. The number of aryl methyl sites for hydroxylation is 3. The van der Waals surface area contributed by atoms with Gasteiger partial charge in [0.15, 0.2) is 0 Å². The number of hydrogen-bond donors (Lipinski definition) is 0. The molecule has 3 amide bonds. The van der Waals surface area contributed by atoms with Gasteiger partial charge in [0.05, 0.1) is 23.4 Å². The second-order valence-corrected chi connectivity index (χ2v) is 11.7. The molecular weight excluding hydrogens is 480 g/mol. The third-order valence-electron chi connectivity index (χ3n) is 9.55. The first kappa shape index (κ1) is 23.4. The van der Waals surface area contributed by atoms with E-state index in [0.29, 0.717) is 28.8 Å². The number of amides is 3. The highest BCUT2D eigenvalue weighted by molar-refractivity contribution is 6.23. The van der Waals surface area contributed by atoms with E-state index in [1.807, 2.05) is 39.0 Å². The smallest absolute Gasteiger partial charge is 0.316 e. The highest BCUT2D eigenvalue weighted by atomic mass is 16.5. The van der Waals surface area contributed by atoms with Crippen molar-refractivity contribution in [3.63, 3.8) is 0 Å². The molecule has 7 heteroatoms. The Hall–Kier alpha value is -3.74. The van der Waals surface area contributed by atoms with Crippen LogP contribution in [0.25, 0.3) is 0 Å². The Bertz CT molecular complexity index is 1420. The van der Waals surface area contributed by atoms with Gasteiger partial charge in [-0.1, -0.05) is 18.2 Å². The Morgan fingerprint density at radius 3 is 2.16 bits per heavy atom. The van der Waals surface area contributed by atoms with E-state index in [1.54, 1.807) is 23.1 Å². The number of carbonyl (C=O) groups is 4. The monoisotopic (exact) mass is 510 g/mol. The minimum atomic E-state index is -0.566. The Balaban J connectivity index is 1.06. The fourth-order valence-electron chi connectivity index (χ4n) is 7.34. The lowest BCUT2D eigenvalue weighted by atomic mass is 9.63. The van der Waals surface area contributed by atoms with Crippen LogP contribution in [0.3, 0.4) is 0 Å². The van der Waals surface area contributed by atoms with E-state index in [0.717, 1.165) is 23.2 Å². The summed E-state index contributed by atoms with van der Waals surface area (Å²) in [5.41, 5.74) is 4.27. The van der Waals surface area contributed by atoms with E-state index in [-0.39, 0.29) is 54.4 Å². The molecule has 0 unspecified atom stereocenters. The minimum absolute atomic E-state index is 0.0980. The van der Waals surface area contributed by atoms with Gasteiger partial charge in [0.2, 0.25) is 17.7 Å². The zero-order valence-electron chi connectivity index (χ0n) is 21.7. The fourth-order valence-corrected chi connectivity index (χ4v) is 7.34. The summed E-state index contributed by atoms with van der Waals surface area (Å²) in [4.78, 5) is 55.6. The first-order chi connectivity index (χ1) is 18.2. The van der Waals surface area contributed by atoms with Crippen molar-refractivity contribution in [1.29, 1.82) is 0 Å². The van der Waals surface area contributed by atoms with Crippen LogP contribution < -0.4 is 14.5 Å². The molecule has 0 spiro atoms. The number of rotatable bonds is 4. The number of ether oxygens (including phenoxy) is 1. The number of esters is 1. The van der Waals surface area contributed by atoms with Crippen molar-refractivity contribution in [3.8, 4) is 5.75 Å². The molecule has 6 aliphatic rings. The Morgan fingerprint density at radius 2 is 1.53 bits per heavy atom. The summed E-state index contributed by atoms with van der Waals surface area (Å²) in [7, 11) is 0. The molecule has 4 fully saturated rings. The Labute approximate surface area is 221 Å². The predicted molar refractivity (Wildman–Crippen MR) is 140 cm³/mol. The minimum Gasteiger partial charge on any atom is -0.426 e. The van der Waals surface area contributed by atoms with Crippen molar-refractivity contribution in [2.24, 2.45) is 41.4 Å². The molecule has 7 atom stereocenters. The first-order valence-corrected chi connectivity index (χ1v) is 13.5. The summed E-state index contributed by atoms with van der Waals surface area (Å²) in [6.45, 7) is 6.11. The van der Waals surface area contributed by atoms with Crippen LogP contribution in [0.5, 0.6) is 5.75 Å². The zero-order chi connectivity index (χ0) is 26.5. The van der Waals surface area contributed by atoms with Crippen molar-refractivity contribution in [3.05, 3.63) is 65.2 Å². The topological polar surface area (TPSA) is 84.0 Å². The van der Waals surface area contributed by atoms with Gasteiger partial charge in [-0.15, -0.1) is 0 Å². The van der Waals surface area contributed by atoms with Crippen LogP contribution in [0.15, 0.2) is 48.6 Å². The summed E-state index contributed by atoms with van der Waals surface area (Å²) in [5, 5.41) is 0. The third-order valence-corrected chi connectivity index (χ3v) is 9.55. The van der Waals surface area contributed by atoms with Gasteiger partial charge in [-0.3, -0.25) is 19.2 Å². The van der Waals surface area contributed by atoms with Crippen LogP contribution in [-0.2, 0) is 19.2 Å². The number of anilines is 2. The zero-order valence-corrected chi connectivity index (χ0v) is 21.7. The summed E-state index contributed by atoms with van der Waals surface area (Å²) in [6, 6.07) is 10.9. The lowest BCUT2D eigenvalue weighted by molar-refractivity contribution is -0.139. The average Bonchev–Trinajstić information content (AvgIpc) is 3.57. The molecule has 194 valence electrons. The summed E-state index contributed by atoms with van der Waals surface area (Å²) in [5.74, 6) is -0.0364. The maximum atomic E-state index is 13.5. The van der Waals surface area contributed by atoms with Gasteiger partial charge in [0.25, 0.3) is 0 Å². The predicted octanol–water partition coefficient (Wildman–Crippen LogP) is 4.13. The van der Waals surface area contributed by atoms with Crippen LogP contribution >= 0.6 is 0 Å². The van der Waals surface area contributed by atoms with Gasteiger partial charge in [-0.05, 0) is 97.9 Å². The largest absolute Gasteiger partial charge is 0.426 e. The molecular formula is C31H30N2O5. The quantitative estimate of drug-likeness (QED) is 0.267. The first-order valence-electron chi connectivity index (χ1n) is 13.5. The second-order valence-electron chi connectivity index (χ2n) is 11.7. The van der Waals surface area contributed by atoms with E-state index < -0.39 is 11.9 Å². The van der Waals surface area contributed by atoms with Gasteiger partial charge in [0.1, 0.15) is 5.75 Å². The molecule has 0 radical (unpaired) electrons. The molecule has 2 aromatic carbocycles. The molecule has 2 aliphatic heterocycles. The van der Waals surface area contributed by atoms with Gasteiger partial charge < -0.3 is 9.64 Å². The number of benzene rings is 2. The van der Waals surface area contributed by atoms with Crippen LogP contribution in [0, 0.1) is 62.2 Å². The highest BCUT2D eigenvalue weighted by Gasteiger charge is 2.67. The lowest BCUT2D eigenvalue weighted by Gasteiger charge is -2.37. The van der Waals surface area contributed by atoms with Crippen molar-refractivity contribution < 1.29 is 23.9 Å². The van der Waals surface area contributed by atoms with Gasteiger partial charge in [-0.2, -0.15) is 0 Å². The van der Waals surface area contributed by atoms with E-state index in [9.17, 15) is 19.2 Å². The summed E-state index contributed by atoms with van der Waals surface area (Å²) < 4.78 is 5.67. The normalized spacial score (nSPS) is 32.6. The Morgan fingerprint density at radius 1 is 0.842 bits per heavy atom. The second kappa shape index (κ2) is 8.13. The Kier molecular flexibility index (Phi) is 5.00. The van der Waals surface area contributed by atoms with Crippen LogP contribution in [0.4, 0.5) is 11.4 Å².